The summed E-state index contributed by atoms with van der Waals surface area (Å²) in [6.07, 6.45) is 13.3. The normalized spacial score (nSPS) is 19.8. The summed E-state index contributed by atoms with van der Waals surface area (Å²) in [4.78, 5) is 15.6. The number of thioether (sulfide) groups is 1. The molecule has 0 saturated heterocycles. The van der Waals surface area contributed by atoms with Crippen LogP contribution in [0.15, 0.2) is 58.4 Å². The number of allylic oxidation sites excluding steroid dienone is 1. The van der Waals surface area contributed by atoms with Crippen molar-refractivity contribution >= 4 is 23.6 Å². The second-order valence-electron chi connectivity index (χ2n) is 8.42. The van der Waals surface area contributed by atoms with E-state index in [2.05, 4.69) is 42.1 Å². The minimum Gasteiger partial charge on any atom is -0.475 e. The topological polar surface area (TPSA) is 85.9 Å². The van der Waals surface area contributed by atoms with Crippen molar-refractivity contribution < 1.29 is 4.74 Å². The molecule has 1 aromatic rings. The fourth-order valence-corrected chi connectivity index (χ4v) is 4.20. The lowest BCUT2D eigenvalue weighted by atomic mass is 9.92. The zero-order chi connectivity index (χ0) is 22.8. The van der Waals surface area contributed by atoms with Gasteiger partial charge in [0.1, 0.15) is 6.61 Å². The molecule has 3 heterocycles. The maximum Gasteiger partial charge on any atom is 0.215 e. The molecule has 0 bridgehead atoms. The summed E-state index contributed by atoms with van der Waals surface area (Å²) in [7, 11) is 0. The SMILES string of the molecule is CCCCC1C=CN(C(=NCCSCc2ccccn2)NC#N)C=C1C1=NC(C)(C)CO1. The molecule has 1 atom stereocenters. The van der Waals surface area contributed by atoms with Gasteiger partial charge in [-0.05, 0) is 32.4 Å². The van der Waals surface area contributed by atoms with Crippen molar-refractivity contribution in [3.05, 3.63) is 54.1 Å². The van der Waals surface area contributed by atoms with E-state index in [-0.39, 0.29) is 11.5 Å². The fourth-order valence-electron chi connectivity index (χ4n) is 3.45. The smallest absolute Gasteiger partial charge is 0.215 e. The van der Waals surface area contributed by atoms with Crippen LogP contribution in [-0.2, 0) is 10.5 Å². The first-order chi connectivity index (χ1) is 15.5. The van der Waals surface area contributed by atoms with Crippen LogP contribution in [0.25, 0.3) is 0 Å². The Morgan fingerprint density at radius 2 is 2.31 bits per heavy atom. The summed E-state index contributed by atoms with van der Waals surface area (Å²) in [5.41, 5.74) is 1.88. The van der Waals surface area contributed by atoms with Crippen LogP contribution in [0.5, 0.6) is 0 Å². The molecule has 0 radical (unpaired) electrons. The second kappa shape index (κ2) is 11.7. The number of hydrogen-bond donors (Lipinski definition) is 1. The monoisotopic (exact) mass is 452 g/mol. The van der Waals surface area contributed by atoms with E-state index in [1.807, 2.05) is 47.9 Å². The molecule has 7 nitrogen and oxygen atoms in total. The van der Waals surface area contributed by atoms with Crippen molar-refractivity contribution in [3.63, 3.8) is 0 Å². The van der Waals surface area contributed by atoms with Crippen molar-refractivity contribution in [2.24, 2.45) is 15.9 Å². The molecule has 0 amide bonds. The molecule has 1 aromatic heterocycles. The van der Waals surface area contributed by atoms with E-state index < -0.39 is 0 Å². The highest BCUT2D eigenvalue weighted by molar-refractivity contribution is 7.98. The minimum absolute atomic E-state index is 0.218. The van der Waals surface area contributed by atoms with E-state index in [4.69, 9.17) is 9.73 Å². The molecule has 1 unspecified atom stereocenters. The molecule has 2 aliphatic heterocycles. The van der Waals surface area contributed by atoms with Gasteiger partial charge in [-0.25, -0.2) is 4.99 Å². The lowest BCUT2D eigenvalue weighted by molar-refractivity contribution is 0.277. The van der Waals surface area contributed by atoms with Gasteiger partial charge >= 0.3 is 0 Å². The number of aliphatic imine (C=N–C) groups is 2. The Labute approximate surface area is 195 Å². The summed E-state index contributed by atoms with van der Waals surface area (Å²) in [6, 6.07) is 5.94. The largest absolute Gasteiger partial charge is 0.475 e. The van der Waals surface area contributed by atoms with Gasteiger partial charge in [0, 0.05) is 41.6 Å². The Morgan fingerprint density at radius 3 is 3.00 bits per heavy atom. The third kappa shape index (κ3) is 6.86. The molecule has 170 valence electrons. The van der Waals surface area contributed by atoms with E-state index in [1.54, 1.807) is 11.8 Å². The lowest BCUT2D eigenvalue weighted by Gasteiger charge is -2.27. The van der Waals surface area contributed by atoms with E-state index in [0.29, 0.717) is 25.0 Å². The molecule has 3 rings (SSSR count). The van der Waals surface area contributed by atoms with Gasteiger partial charge < -0.3 is 4.74 Å². The second-order valence-corrected chi connectivity index (χ2v) is 9.52. The van der Waals surface area contributed by atoms with E-state index in [9.17, 15) is 5.26 Å². The number of aromatic nitrogens is 1. The number of pyridine rings is 1. The van der Waals surface area contributed by atoms with Crippen LogP contribution in [0.1, 0.15) is 45.7 Å². The lowest BCUT2D eigenvalue weighted by Crippen LogP contribution is -2.35. The van der Waals surface area contributed by atoms with Crippen molar-refractivity contribution in [1.29, 1.82) is 5.26 Å². The van der Waals surface area contributed by atoms with Crippen LogP contribution in [0, 0.1) is 17.4 Å². The van der Waals surface area contributed by atoms with Gasteiger partial charge in [-0.1, -0.05) is 31.9 Å². The number of rotatable bonds is 9. The first-order valence-corrected chi connectivity index (χ1v) is 12.3. The van der Waals surface area contributed by atoms with E-state index in [1.165, 1.54) is 0 Å². The van der Waals surface area contributed by atoms with Gasteiger partial charge in [-0.3, -0.25) is 20.2 Å². The van der Waals surface area contributed by atoms with Crippen molar-refractivity contribution in [2.45, 2.75) is 51.3 Å². The average molecular weight is 453 g/mol. The summed E-state index contributed by atoms with van der Waals surface area (Å²) in [5.74, 6) is 3.14. The van der Waals surface area contributed by atoms with Crippen LogP contribution in [-0.4, -0.2) is 46.2 Å². The number of ether oxygens (including phenoxy) is 1. The van der Waals surface area contributed by atoms with Gasteiger partial charge in [-0.2, -0.15) is 17.0 Å². The quantitative estimate of drug-likeness (QED) is 0.196. The zero-order valence-electron chi connectivity index (χ0n) is 19.1. The molecule has 1 N–H and O–H groups in total. The predicted octanol–water partition coefficient (Wildman–Crippen LogP) is 4.47. The molecule has 0 fully saturated rings. The standard InChI is InChI=1S/C24H32N6OS/c1-4-5-8-19-10-13-30(15-21(19)22-29-24(2,3)17-31-22)23(28-18-25)27-12-14-32-16-20-9-6-7-11-26-20/h6-7,9-11,13,15,19H,4-5,8,12,14,16-17H2,1-3H3,(H,27,28). The van der Waals surface area contributed by atoms with Crippen LogP contribution in [0.2, 0.25) is 0 Å². The molecular formula is C24H32N6OS. The molecule has 0 saturated carbocycles. The highest BCUT2D eigenvalue weighted by Gasteiger charge is 2.32. The summed E-state index contributed by atoms with van der Waals surface area (Å²) < 4.78 is 5.95. The van der Waals surface area contributed by atoms with Crippen molar-refractivity contribution in [2.75, 3.05) is 18.9 Å². The van der Waals surface area contributed by atoms with Crippen LogP contribution < -0.4 is 5.32 Å². The first-order valence-electron chi connectivity index (χ1n) is 11.1. The highest BCUT2D eigenvalue weighted by Crippen LogP contribution is 2.30. The number of nitrogens with one attached hydrogen (secondary N) is 1. The molecular weight excluding hydrogens is 420 g/mol. The van der Waals surface area contributed by atoms with Crippen molar-refractivity contribution in [1.82, 2.24) is 15.2 Å². The van der Waals surface area contributed by atoms with Crippen LogP contribution >= 0.6 is 11.8 Å². The maximum absolute atomic E-state index is 9.26. The zero-order valence-corrected chi connectivity index (χ0v) is 19.9. The minimum atomic E-state index is -0.218. The molecule has 0 spiro atoms. The van der Waals surface area contributed by atoms with E-state index >= 15 is 0 Å². The highest BCUT2D eigenvalue weighted by atomic mass is 32.2. The third-order valence-electron chi connectivity index (χ3n) is 5.12. The van der Waals surface area contributed by atoms with Gasteiger partial charge in [0.05, 0.1) is 17.8 Å². The Morgan fingerprint density at radius 1 is 1.44 bits per heavy atom. The molecule has 0 aliphatic carbocycles. The average Bonchev–Trinajstić information content (AvgIpc) is 3.17. The Balaban J connectivity index is 1.69. The number of hydrogen-bond acceptors (Lipinski definition) is 6. The van der Waals surface area contributed by atoms with Crippen molar-refractivity contribution in [3.8, 4) is 6.19 Å². The Bertz CT molecular complexity index is 916. The molecule has 0 aromatic carbocycles. The van der Waals surface area contributed by atoms with Gasteiger partial charge in [0.25, 0.3) is 0 Å². The molecule has 32 heavy (non-hydrogen) atoms. The van der Waals surface area contributed by atoms with Gasteiger partial charge in [-0.15, -0.1) is 0 Å². The fraction of sp³-hybridized carbons (Fsp3) is 0.500. The predicted molar refractivity (Wildman–Crippen MR) is 131 cm³/mol. The third-order valence-corrected chi connectivity index (χ3v) is 6.10. The Hall–Kier alpha value is -2.79. The number of nitriles is 1. The Kier molecular flexibility index (Phi) is 8.74. The van der Waals surface area contributed by atoms with Crippen LogP contribution in [0.3, 0.4) is 0 Å². The molecule has 2 aliphatic rings. The molecule has 8 heteroatoms. The van der Waals surface area contributed by atoms with Crippen LogP contribution in [0.4, 0.5) is 0 Å². The summed E-state index contributed by atoms with van der Waals surface area (Å²) >= 11 is 1.77. The summed E-state index contributed by atoms with van der Waals surface area (Å²) in [5, 5.41) is 12.0. The maximum atomic E-state index is 9.26. The summed E-state index contributed by atoms with van der Waals surface area (Å²) in [6.45, 7) is 7.52. The first kappa shape index (κ1) is 23.9. The number of nitrogens with zero attached hydrogens (tertiary/aromatic N) is 5. The number of guanidine groups is 1. The van der Waals surface area contributed by atoms with E-state index in [0.717, 1.165) is 42.0 Å². The van der Waals surface area contributed by atoms with Gasteiger partial charge in [0.2, 0.25) is 11.9 Å². The van der Waals surface area contributed by atoms with Gasteiger partial charge in [0.15, 0.2) is 6.19 Å². The number of unbranched alkanes of at least 4 members (excludes halogenated alkanes) is 1.